The van der Waals surface area contributed by atoms with Gasteiger partial charge in [-0.2, -0.15) is 0 Å². The number of methoxy groups -OCH3 is 1. The van der Waals surface area contributed by atoms with Crippen LogP contribution in [-0.4, -0.2) is 37.9 Å². The Kier molecular flexibility index (Phi) is 13.4. The van der Waals surface area contributed by atoms with Crippen LogP contribution < -0.4 is 20.5 Å². The molecule has 0 aliphatic rings. The molecule has 0 heterocycles. The molecule has 0 fully saturated rings. The zero-order chi connectivity index (χ0) is 16.9. The van der Waals surface area contributed by atoms with Crippen LogP contribution in [0.4, 0.5) is 0 Å². The first kappa shape index (κ1) is 22.8. The van der Waals surface area contributed by atoms with E-state index in [2.05, 4.69) is 17.2 Å². The van der Waals surface area contributed by atoms with Gasteiger partial charge in [0.25, 0.3) is 0 Å². The highest BCUT2D eigenvalue weighted by molar-refractivity contribution is 14.0. The molecule has 4 N–H and O–H groups in total. The highest BCUT2D eigenvalue weighted by Gasteiger charge is 2.05. The van der Waals surface area contributed by atoms with Crippen molar-refractivity contribution in [3.63, 3.8) is 0 Å². The Bertz CT molecular complexity index is 484. The highest BCUT2D eigenvalue weighted by atomic mass is 127. The Morgan fingerprint density at radius 2 is 2.04 bits per heavy atom. The minimum absolute atomic E-state index is 0. The van der Waals surface area contributed by atoms with E-state index in [0.717, 1.165) is 18.5 Å². The minimum atomic E-state index is -0.0321. The first-order chi connectivity index (χ1) is 11.2. The van der Waals surface area contributed by atoms with Gasteiger partial charge in [-0.25, -0.2) is 4.99 Å². The van der Waals surface area contributed by atoms with Gasteiger partial charge in [0.2, 0.25) is 0 Å². The maximum Gasteiger partial charge on any atom is 0.188 e. The van der Waals surface area contributed by atoms with E-state index in [4.69, 9.17) is 20.3 Å². The van der Waals surface area contributed by atoms with E-state index in [-0.39, 0.29) is 37.2 Å². The van der Waals surface area contributed by atoms with Crippen LogP contribution in [0.5, 0.6) is 11.5 Å². The monoisotopic (exact) mass is 451 g/mol. The van der Waals surface area contributed by atoms with E-state index in [9.17, 15) is 0 Å². The SMILES string of the molecule is CCCCCCNC(N)=NCc1ccc(OCCO)c(OC)c1.I. The highest BCUT2D eigenvalue weighted by Crippen LogP contribution is 2.28. The van der Waals surface area contributed by atoms with Gasteiger partial charge >= 0.3 is 0 Å². The lowest BCUT2D eigenvalue weighted by molar-refractivity contribution is 0.196. The van der Waals surface area contributed by atoms with E-state index in [1.807, 2.05) is 18.2 Å². The Morgan fingerprint density at radius 1 is 1.25 bits per heavy atom. The number of aliphatic hydroxyl groups is 1. The number of rotatable bonds is 11. The Labute approximate surface area is 161 Å². The average Bonchev–Trinajstić information content (AvgIpc) is 2.58. The summed E-state index contributed by atoms with van der Waals surface area (Å²) in [5.74, 6) is 1.69. The molecule has 0 aliphatic carbocycles. The van der Waals surface area contributed by atoms with Gasteiger partial charge in [-0.05, 0) is 24.1 Å². The summed E-state index contributed by atoms with van der Waals surface area (Å²) in [5, 5.41) is 11.9. The molecule has 1 aromatic rings. The van der Waals surface area contributed by atoms with Crippen LogP contribution in [0.2, 0.25) is 0 Å². The van der Waals surface area contributed by atoms with Crippen molar-refractivity contribution in [1.82, 2.24) is 5.32 Å². The summed E-state index contributed by atoms with van der Waals surface area (Å²) in [5.41, 5.74) is 6.84. The topological polar surface area (TPSA) is 89.1 Å². The molecule has 1 rings (SSSR count). The third-order valence-corrected chi connectivity index (χ3v) is 3.35. The van der Waals surface area contributed by atoms with Gasteiger partial charge in [0.05, 0.1) is 20.3 Å². The van der Waals surface area contributed by atoms with Gasteiger partial charge in [-0.15, -0.1) is 24.0 Å². The summed E-state index contributed by atoms with van der Waals surface area (Å²) in [7, 11) is 1.58. The van der Waals surface area contributed by atoms with Crippen LogP contribution >= 0.6 is 24.0 Å². The number of unbranched alkanes of at least 4 members (excludes halogenated alkanes) is 3. The molecule has 138 valence electrons. The number of aliphatic imine (C=N–C) groups is 1. The van der Waals surface area contributed by atoms with Crippen molar-refractivity contribution in [3.8, 4) is 11.5 Å². The number of ether oxygens (including phenoxy) is 2. The normalized spacial score (nSPS) is 10.9. The van der Waals surface area contributed by atoms with Crippen molar-refractivity contribution in [2.75, 3.05) is 26.9 Å². The molecule has 6 nitrogen and oxygen atoms in total. The zero-order valence-corrected chi connectivity index (χ0v) is 16.9. The Hall–Kier alpha value is -1.22. The lowest BCUT2D eigenvalue weighted by atomic mass is 10.2. The fourth-order valence-electron chi connectivity index (χ4n) is 2.09. The summed E-state index contributed by atoms with van der Waals surface area (Å²) in [6, 6.07) is 5.59. The number of benzene rings is 1. The van der Waals surface area contributed by atoms with E-state index >= 15 is 0 Å². The van der Waals surface area contributed by atoms with Gasteiger partial charge in [-0.1, -0.05) is 32.3 Å². The average molecular weight is 451 g/mol. The lowest BCUT2D eigenvalue weighted by Crippen LogP contribution is -2.32. The van der Waals surface area contributed by atoms with Crippen LogP contribution in [0.1, 0.15) is 38.2 Å². The molecule has 0 aliphatic heterocycles. The van der Waals surface area contributed by atoms with Gasteiger partial charge in [0, 0.05) is 6.54 Å². The van der Waals surface area contributed by atoms with Crippen molar-refractivity contribution >= 4 is 29.9 Å². The molecule has 0 spiro atoms. The molecule has 0 saturated heterocycles. The second kappa shape index (κ2) is 14.2. The number of guanidine groups is 1. The van der Waals surface area contributed by atoms with Crippen molar-refractivity contribution in [2.24, 2.45) is 10.7 Å². The maximum absolute atomic E-state index is 8.81. The second-order valence-electron chi connectivity index (χ2n) is 5.25. The third-order valence-electron chi connectivity index (χ3n) is 3.35. The molecule has 0 amide bonds. The molecule has 0 aromatic heterocycles. The van der Waals surface area contributed by atoms with Crippen LogP contribution in [0.3, 0.4) is 0 Å². The summed E-state index contributed by atoms with van der Waals surface area (Å²) < 4.78 is 10.7. The van der Waals surface area contributed by atoms with Crippen LogP contribution in [0, 0.1) is 0 Å². The molecule has 0 radical (unpaired) electrons. The van der Waals surface area contributed by atoms with Crippen molar-refractivity contribution in [1.29, 1.82) is 0 Å². The number of hydrogen-bond acceptors (Lipinski definition) is 4. The fraction of sp³-hybridized carbons (Fsp3) is 0.588. The maximum atomic E-state index is 8.81. The molecule has 0 atom stereocenters. The smallest absolute Gasteiger partial charge is 0.188 e. The van der Waals surface area contributed by atoms with Crippen molar-refractivity contribution < 1.29 is 14.6 Å². The van der Waals surface area contributed by atoms with Crippen LogP contribution in [0.25, 0.3) is 0 Å². The predicted molar refractivity (Wildman–Crippen MR) is 108 cm³/mol. The van der Waals surface area contributed by atoms with E-state index in [0.29, 0.717) is 24.0 Å². The number of nitrogens with one attached hydrogen (secondary N) is 1. The number of nitrogens with zero attached hydrogens (tertiary/aromatic N) is 1. The number of nitrogens with two attached hydrogens (primary N) is 1. The standard InChI is InChI=1S/C17H29N3O3.HI/c1-3-4-5-6-9-19-17(18)20-13-14-7-8-15(23-11-10-21)16(12-14)22-2;/h7-8,12,21H,3-6,9-11,13H2,1-2H3,(H3,18,19,20);1H. The molecule has 24 heavy (non-hydrogen) atoms. The second-order valence-corrected chi connectivity index (χ2v) is 5.25. The summed E-state index contributed by atoms with van der Waals surface area (Å²) in [6.45, 7) is 3.73. The molecular weight excluding hydrogens is 421 g/mol. The molecular formula is C17H30IN3O3. The van der Waals surface area contributed by atoms with Crippen LogP contribution in [-0.2, 0) is 6.54 Å². The fourth-order valence-corrected chi connectivity index (χ4v) is 2.09. The van der Waals surface area contributed by atoms with Crippen molar-refractivity contribution in [3.05, 3.63) is 23.8 Å². The largest absolute Gasteiger partial charge is 0.493 e. The molecule has 0 unspecified atom stereocenters. The lowest BCUT2D eigenvalue weighted by Gasteiger charge is -2.11. The molecule has 0 saturated carbocycles. The van der Waals surface area contributed by atoms with E-state index in [1.165, 1.54) is 19.3 Å². The summed E-state index contributed by atoms with van der Waals surface area (Å²) in [4.78, 5) is 4.33. The Morgan fingerprint density at radius 3 is 2.71 bits per heavy atom. The first-order valence-electron chi connectivity index (χ1n) is 8.15. The van der Waals surface area contributed by atoms with E-state index < -0.39 is 0 Å². The van der Waals surface area contributed by atoms with Gasteiger partial charge in [0.1, 0.15) is 6.61 Å². The third kappa shape index (κ3) is 9.17. The zero-order valence-electron chi connectivity index (χ0n) is 14.6. The van der Waals surface area contributed by atoms with Gasteiger partial charge < -0.3 is 25.6 Å². The number of aliphatic hydroxyl groups excluding tert-OH is 1. The quantitative estimate of drug-likeness (QED) is 0.208. The van der Waals surface area contributed by atoms with Gasteiger partial charge in [-0.3, -0.25) is 0 Å². The van der Waals surface area contributed by atoms with Gasteiger partial charge in [0.15, 0.2) is 17.5 Å². The van der Waals surface area contributed by atoms with Crippen LogP contribution in [0.15, 0.2) is 23.2 Å². The Balaban J connectivity index is 0.00000529. The van der Waals surface area contributed by atoms with E-state index in [1.54, 1.807) is 7.11 Å². The molecule has 0 bridgehead atoms. The number of halogens is 1. The molecule has 7 heteroatoms. The number of hydrogen-bond donors (Lipinski definition) is 3. The predicted octanol–water partition coefficient (Wildman–Crippen LogP) is 2.67. The summed E-state index contributed by atoms with van der Waals surface area (Å²) >= 11 is 0. The molecule has 1 aromatic carbocycles. The van der Waals surface area contributed by atoms with Crippen molar-refractivity contribution in [2.45, 2.75) is 39.2 Å². The minimum Gasteiger partial charge on any atom is -0.493 e. The summed E-state index contributed by atoms with van der Waals surface area (Å²) in [6.07, 6.45) is 4.80. The first-order valence-corrected chi connectivity index (χ1v) is 8.15.